The smallest absolute Gasteiger partial charge is 0.200 e. The van der Waals surface area contributed by atoms with Crippen LogP contribution in [0.15, 0.2) is 54.8 Å². The molecule has 0 saturated heterocycles. The number of carbonyl (C=O) groups is 1. The number of Topliss-reactive ketones (excluding diaryl/α,β-unsaturated/α-hetero) is 1. The van der Waals surface area contributed by atoms with Crippen LogP contribution in [0.2, 0.25) is 0 Å². The van der Waals surface area contributed by atoms with Gasteiger partial charge in [-0.15, -0.1) is 0 Å². The summed E-state index contributed by atoms with van der Waals surface area (Å²) >= 11 is 0. The Morgan fingerprint density at radius 3 is 2.56 bits per heavy atom. The summed E-state index contributed by atoms with van der Waals surface area (Å²) in [5.41, 5.74) is -0.228. The molecule has 0 aliphatic heterocycles. The minimum atomic E-state index is -0.662. The Morgan fingerprint density at radius 1 is 1.44 bits per heavy atom. The predicted octanol–water partition coefficient (Wildman–Crippen LogP) is 3.02. The fourth-order valence-corrected chi connectivity index (χ4v) is 1.32. The van der Waals surface area contributed by atoms with Gasteiger partial charge in [0, 0.05) is 10.6 Å². The number of carbonyl (C=O) groups excluding carboxylic acids is 1. The highest BCUT2D eigenvalue weighted by atomic mass is 19.3. The number of allylic oxidation sites excluding steroid dienone is 3. The summed E-state index contributed by atoms with van der Waals surface area (Å²) in [4.78, 5) is 15.4. The number of rotatable bonds is 5. The Kier molecular flexibility index (Phi) is 4.26. The molecule has 0 atom stereocenters. The standard InChI is InChI=1S/C13H11FO4/c1-3-4-10(8(2)15)13(17)11-6-5-9(18-14)7-12(11)16/h3-7,15-16H,1-2H2/b10-4+. The van der Waals surface area contributed by atoms with E-state index in [9.17, 15) is 19.5 Å². The number of hydrogen-bond acceptors (Lipinski definition) is 4. The molecule has 0 spiro atoms. The zero-order valence-corrected chi connectivity index (χ0v) is 9.39. The van der Waals surface area contributed by atoms with E-state index in [0.29, 0.717) is 0 Å². The van der Waals surface area contributed by atoms with E-state index in [1.807, 2.05) is 0 Å². The van der Waals surface area contributed by atoms with E-state index in [1.165, 1.54) is 24.3 Å². The minimum Gasteiger partial charge on any atom is -0.508 e. The first kappa shape index (κ1) is 13.5. The molecule has 1 aromatic rings. The van der Waals surface area contributed by atoms with E-state index in [0.717, 1.165) is 6.07 Å². The summed E-state index contributed by atoms with van der Waals surface area (Å²) in [5, 5.41) is 18.8. The van der Waals surface area contributed by atoms with Crippen LogP contribution in [0, 0.1) is 0 Å². The number of aromatic hydroxyl groups is 1. The van der Waals surface area contributed by atoms with Gasteiger partial charge in [0.05, 0.1) is 11.1 Å². The van der Waals surface area contributed by atoms with Crippen LogP contribution in [0.4, 0.5) is 4.53 Å². The van der Waals surface area contributed by atoms with Crippen LogP contribution in [0.3, 0.4) is 0 Å². The van der Waals surface area contributed by atoms with Gasteiger partial charge in [-0.3, -0.25) is 9.74 Å². The molecule has 0 unspecified atom stereocenters. The van der Waals surface area contributed by atoms with E-state index in [2.05, 4.69) is 18.1 Å². The van der Waals surface area contributed by atoms with Crippen molar-refractivity contribution in [3.8, 4) is 11.5 Å². The van der Waals surface area contributed by atoms with Crippen LogP contribution >= 0.6 is 0 Å². The van der Waals surface area contributed by atoms with Gasteiger partial charge in [0.15, 0.2) is 11.5 Å². The predicted molar refractivity (Wildman–Crippen MR) is 64.2 cm³/mol. The van der Waals surface area contributed by atoms with Crippen LogP contribution in [-0.4, -0.2) is 16.0 Å². The highest BCUT2D eigenvalue weighted by molar-refractivity contribution is 6.12. The summed E-state index contributed by atoms with van der Waals surface area (Å²) < 4.78 is 11.9. The molecule has 0 heterocycles. The Labute approximate surface area is 103 Å². The number of aliphatic hydroxyl groups is 1. The van der Waals surface area contributed by atoms with Gasteiger partial charge in [0.2, 0.25) is 0 Å². The molecule has 5 heteroatoms. The monoisotopic (exact) mass is 250 g/mol. The Bertz CT molecular complexity index is 532. The summed E-state index contributed by atoms with van der Waals surface area (Å²) in [6, 6.07) is 3.28. The Morgan fingerprint density at radius 2 is 2.11 bits per heavy atom. The van der Waals surface area contributed by atoms with Crippen molar-refractivity contribution in [1.82, 2.24) is 0 Å². The van der Waals surface area contributed by atoms with Crippen molar-refractivity contribution in [2.75, 3.05) is 0 Å². The zero-order valence-electron chi connectivity index (χ0n) is 9.39. The molecule has 0 amide bonds. The molecule has 4 nitrogen and oxygen atoms in total. The molecule has 1 aromatic carbocycles. The second kappa shape index (κ2) is 5.67. The molecular weight excluding hydrogens is 239 g/mol. The molecule has 0 bridgehead atoms. The molecule has 18 heavy (non-hydrogen) atoms. The number of hydrogen-bond donors (Lipinski definition) is 2. The maximum Gasteiger partial charge on any atom is 0.200 e. The second-order valence-corrected chi connectivity index (χ2v) is 3.35. The van der Waals surface area contributed by atoms with Crippen molar-refractivity contribution in [3.63, 3.8) is 0 Å². The first-order valence-electron chi connectivity index (χ1n) is 4.88. The molecule has 0 aliphatic carbocycles. The molecule has 0 aromatic heterocycles. The summed E-state index contributed by atoms with van der Waals surface area (Å²) in [6.45, 7) is 6.63. The van der Waals surface area contributed by atoms with E-state index in [1.54, 1.807) is 0 Å². The average Bonchev–Trinajstić information content (AvgIpc) is 2.34. The van der Waals surface area contributed by atoms with Crippen molar-refractivity contribution >= 4 is 5.78 Å². The molecule has 0 radical (unpaired) electrons. The van der Waals surface area contributed by atoms with Gasteiger partial charge in [-0.2, -0.15) is 0 Å². The zero-order chi connectivity index (χ0) is 13.7. The van der Waals surface area contributed by atoms with E-state index < -0.39 is 17.3 Å². The number of phenolic OH excluding ortho intramolecular Hbond substituents is 1. The highest BCUT2D eigenvalue weighted by Crippen LogP contribution is 2.27. The van der Waals surface area contributed by atoms with Gasteiger partial charge in [0.25, 0.3) is 0 Å². The molecule has 0 fully saturated rings. The first-order chi connectivity index (χ1) is 8.51. The summed E-state index contributed by atoms with van der Waals surface area (Å²) in [5.74, 6) is -1.82. The second-order valence-electron chi connectivity index (χ2n) is 3.35. The molecular formula is C13H11FO4. The number of phenols is 1. The van der Waals surface area contributed by atoms with Crippen molar-refractivity contribution in [1.29, 1.82) is 0 Å². The highest BCUT2D eigenvalue weighted by Gasteiger charge is 2.18. The quantitative estimate of drug-likeness (QED) is 0.365. The van der Waals surface area contributed by atoms with Crippen molar-refractivity contribution in [3.05, 3.63) is 60.4 Å². The van der Waals surface area contributed by atoms with Gasteiger partial charge >= 0.3 is 0 Å². The van der Waals surface area contributed by atoms with Gasteiger partial charge in [-0.1, -0.05) is 19.2 Å². The van der Waals surface area contributed by atoms with Crippen LogP contribution < -0.4 is 4.94 Å². The van der Waals surface area contributed by atoms with Crippen LogP contribution in [0.25, 0.3) is 0 Å². The van der Waals surface area contributed by atoms with E-state index in [-0.39, 0.29) is 16.9 Å². The van der Waals surface area contributed by atoms with Crippen LogP contribution in [-0.2, 0) is 0 Å². The number of halogens is 1. The summed E-state index contributed by atoms with van der Waals surface area (Å²) in [7, 11) is 0. The fraction of sp³-hybridized carbons (Fsp3) is 0. The number of benzene rings is 1. The third kappa shape index (κ3) is 2.76. The Hall–Kier alpha value is -2.56. The third-order valence-electron chi connectivity index (χ3n) is 2.14. The molecule has 2 N–H and O–H groups in total. The normalized spacial score (nSPS) is 10.8. The van der Waals surface area contributed by atoms with Crippen molar-refractivity contribution in [2.24, 2.45) is 0 Å². The average molecular weight is 250 g/mol. The largest absolute Gasteiger partial charge is 0.508 e. The molecule has 0 aliphatic rings. The van der Waals surface area contributed by atoms with Crippen molar-refractivity contribution < 1.29 is 24.5 Å². The Balaban J connectivity index is 3.21. The minimum absolute atomic E-state index is 0.112. The van der Waals surface area contributed by atoms with Gasteiger partial charge < -0.3 is 10.2 Å². The first-order valence-corrected chi connectivity index (χ1v) is 4.88. The lowest BCUT2D eigenvalue weighted by Gasteiger charge is -2.07. The maximum absolute atomic E-state index is 12.0. The summed E-state index contributed by atoms with van der Waals surface area (Å²) in [6.07, 6.45) is 2.55. The van der Waals surface area contributed by atoms with Gasteiger partial charge in [0.1, 0.15) is 11.5 Å². The lowest BCUT2D eigenvalue weighted by molar-refractivity contribution is -0.00643. The topological polar surface area (TPSA) is 66.8 Å². The molecule has 0 saturated carbocycles. The molecule has 1 rings (SSSR count). The third-order valence-corrected chi connectivity index (χ3v) is 2.14. The maximum atomic E-state index is 12.0. The lowest BCUT2D eigenvalue weighted by atomic mass is 10.0. The van der Waals surface area contributed by atoms with Crippen LogP contribution in [0.5, 0.6) is 11.5 Å². The lowest BCUT2D eigenvalue weighted by Crippen LogP contribution is -2.05. The van der Waals surface area contributed by atoms with E-state index in [4.69, 9.17) is 0 Å². The van der Waals surface area contributed by atoms with Gasteiger partial charge in [-0.25, -0.2) is 0 Å². The van der Waals surface area contributed by atoms with E-state index >= 15 is 0 Å². The number of ketones is 1. The fourth-order valence-electron chi connectivity index (χ4n) is 1.32. The van der Waals surface area contributed by atoms with Crippen molar-refractivity contribution in [2.45, 2.75) is 0 Å². The SMILES string of the molecule is C=C/C=C(\C(=C)O)C(=O)c1ccc(OF)cc1O. The van der Waals surface area contributed by atoms with Gasteiger partial charge in [-0.05, 0) is 18.2 Å². The molecule has 94 valence electrons. The number of aliphatic hydroxyl groups excluding tert-OH is 1. The van der Waals surface area contributed by atoms with Crippen LogP contribution in [0.1, 0.15) is 10.4 Å².